The molecule has 0 aliphatic carbocycles. The van der Waals surface area contributed by atoms with Crippen LogP contribution in [0.2, 0.25) is 0 Å². The van der Waals surface area contributed by atoms with Crippen LogP contribution in [0, 0.1) is 6.92 Å². The summed E-state index contributed by atoms with van der Waals surface area (Å²) in [6, 6.07) is 17.0. The molecule has 3 aromatic rings. The van der Waals surface area contributed by atoms with E-state index >= 15 is 0 Å². The lowest BCUT2D eigenvalue weighted by atomic mass is 9.93. The van der Waals surface area contributed by atoms with Crippen LogP contribution in [0.25, 0.3) is 6.08 Å². The molecule has 6 heteroatoms. The first kappa shape index (κ1) is 19.1. The topological polar surface area (TPSA) is 53.5 Å². The molecule has 2 aromatic carbocycles. The van der Waals surface area contributed by atoms with Gasteiger partial charge in [0.2, 0.25) is 11.8 Å². The van der Waals surface area contributed by atoms with Gasteiger partial charge in [0.1, 0.15) is 0 Å². The molecule has 2 amide bonds. The maximum absolute atomic E-state index is 13.5. The molecule has 0 bridgehead atoms. The summed E-state index contributed by atoms with van der Waals surface area (Å²) in [5.41, 5.74) is 3.64. The Morgan fingerprint density at radius 1 is 1.10 bits per heavy atom. The first-order valence-electron chi connectivity index (χ1n) is 9.41. The van der Waals surface area contributed by atoms with Gasteiger partial charge in [0.15, 0.2) is 5.13 Å². The molecule has 2 heterocycles. The quantitative estimate of drug-likeness (QED) is 0.610. The number of aryl methyl sites for hydroxylation is 1. The standard InChI is InChI=1S/C23H21N3O2S/c1-16-15-29-23(24-16)26(19-9-4-3-5-10-19)22(28)14-21-20-11-7-6-8-18(20)12-13-25(21)17(2)27/h3-13,15,21H,14H2,1-2H3/t21-/m0/s1. The largest absolute Gasteiger partial charge is 0.311 e. The zero-order valence-electron chi connectivity index (χ0n) is 16.3. The number of para-hydroxylation sites is 1. The van der Waals surface area contributed by atoms with E-state index < -0.39 is 0 Å². The van der Waals surface area contributed by atoms with Crippen molar-refractivity contribution in [3.05, 3.63) is 83.0 Å². The third-order valence-electron chi connectivity index (χ3n) is 4.90. The number of carbonyl (C=O) groups excluding carboxylic acids is 2. The van der Waals surface area contributed by atoms with Crippen LogP contribution >= 0.6 is 11.3 Å². The van der Waals surface area contributed by atoms with E-state index in [1.165, 1.54) is 18.3 Å². The number of aromatic nitrogens is 1. The lowest BCUT2D eigenvalue weighted by Crippen LogP contribution is -2.35. The predicted molar refractivity (Wildman–Crippen MR) is 116 cm³/mol. The number of hydrogen-bond donors (Lipinski definition) is 0. The summed E-state index contributed by atoms with van der Waals surface area (Å²) in [6.45, 7) is 3.43. The Balaban J connectivity index is 1.71. The van der Waals surface area contributed by atoms with Gasteiger partial charge < -0.3 is 4.90 Å². The summed E-state index contributed by atoms with van der Waals surface area (Å²) in [7, 11) is 0. The van der Waals surface area contributed by atoms with Gasteiger partial charge in [0.05, 0.1) is 23.8 Å². The molecule has 0 saturated heterocycles. The van der Waals surface area contributed by atoms with Gasteiger partial charge in [-0.15, -0.1) is 11.3 Å². The van der Waals surface area contributed by atoms with E-state index in [0.29, 0.717) is 5.13 Å². The van der Waals surface area contributed by atoms with Gasteiger partial charge in [-0.25, -0.2) is 4.98 Å². The average Bonchev–Trinajstić information content (AvgIpc) is 3.14. The van der Waals surface area contributed by atoms with Crippen LogP contribution in [0.4, 0.5) is 10.8 Å². The minimum absolute atomic E-state index is 0.0927. The smallest absolute Gasteiger partial charge is 0.235 e. The van der Waals surface area contributed by atoms with Crippen molar-refractivity contribution in [2.24, 2.45) is 0 Å². The second-order valence-electron chi connectivity index (χ2n) is 6.93. The van der Waals surface area contributed by atoms with Crippen LogP contribution in [0.1, 0.15) is 36.2 Å². The third-order valence-corrected chi connectivity index (χ3v) is 5.84. The van der Waals surface area contributed by atoms with Crippen molar-refractivity contribution in [1.82, 2.24) is 9.88 Å². The molecule has 146 valence electrons. The number of fused-ring (bicyclic) bond motifs is 1. The minimum Gasteiger partial charge on any atom is -0.311 e. The van der Waals surface area contributed by atoms with Crippen molar-refractivity contribution in [3.63, 3.8) is 0 Å². The number of anilines is 2. The molecule has 4 rings (SSSR count). The highest BCUT2D eigenvalue weighted by Gasteiger charge is 2.31. The van der Waals surface area contributed by atoms with Crippen LogP contribution in [0.3, 0.4) is 0 Å². The average molecular weight is 404 g/mol. The Morgan fingerprint density at radius 2 is 1.83 bits per heavy atom. The van der Waals surface area contributed by atoms with E-state index in [9.17, 15) is 9.59 Å². The first-order chi connectivity index (χ1) is 14.0. The number of benzene rings is 2. The van der Waals surface area contributed by atoms with E-state index in [0.717, 1.165) is 22.5 Å². The maximum atomic E-state index is 13.5. The second kappa shape index (κ2) is 8.01. The molecular weight excluding hydrogens is 382 g/mol. The molecule has 0 radical (unpaired) electrons. The van der Waals surface area contributed by atoms with Crippen LogP contribution < -0.4 is 4.90 Å². The fourth-order valence-corrected chi connectivity index (χ4v) is 4.39. The minimum atomic E-state index is -0.353. The zero-order valence-corrected chi connectivity index (χ0v) is 17.1. The molecule has 1 aliphatic heterocycles. The van der Waals surface area contributed by atoms with Gasteiger partial charge in [0.25, 0.3) is 0 Å². The molecule has 1 atom stereocenters. The van der Waals surface area contributed by atoms with Crippen LogP contribution in [0.5, 0.6) is 0 Å². The van der Waals surface area contributed by atoms with Gasteiger partial charge in [-0.3, -0.25) is 14.5 Å². The van der Waals surface area contributed by atoms with E-state index in [1.807, 2.05) is 73.0 Å². The van der Waals surface area contributed by atoms with E-state index in [4.69, 9.17) is 0 Å². The first-order valence-corrected chi connectivity index (χ1v) is 10.3. The summed E-state index contributed by atoms with van der Waals surface area (Å²) >= 11 is 1.43. The van der Waals surface area contributed by atoms with E-state index in [-0.39, 0.29) is 24.3 Å². The summed E-state index contributed by atoms with van der Waals surface area (Å²) in [5.74, 6) is -0.197. The zero-order chi connectivity index (χ0) is 20.4. The lowest BCUT2D eigenvalue weighted by molar-refractivity contribution is -0.129. The van der Waals surface area contributed by atoms with Crippen molar-refractivity contribution in [1.29, 1.82) is 0 Å². The molecule has 5 nitrogen and oxygen atoms in total. The predicted octanol–water partition coefficient (Wildman–Crippen LogP) is 5.08. The van der Waals surface area contributed by atoms with Gasteiger partial charge in [-0.05, 0) is 36.3 Å². The second-order valence-corrected chi connectivity index (χ2v) is 7.76. The molecule has 0 spiro atoms. The summed E-state index contributed by atoms with van der Waals surface area (Å²) < 4.78 is 0. The number of rotatable bonds is 4. The van der Waals surface area contributed by atoms with Crippen molar-refractivity contribution >= 4 is 40.0 Å². The number of carbonyl (C=O) groups is 2. The van der Waals surface area contributed by atoms with Gasteiger partial charge in [0, 0.05) is 18.5 Å². The fraction of sp³-hybridized carbons (Fsp3) is 0.174. The lowest BCUT2D eigenvalue weighted by Gasteiger charge is -2.33. The van der Waals surface area contributed by atoms with E-state index in [2.05, 4.69) is 4.98 Å². The van der Waals surface area contributed by atoms with Crippen LogP contribution in [-0.2, 0) is 9.59 Å². The Kier molecular flexibility index (Phi) is 5.27. The summed E-state index contributed by atoms with van der Waals surface area (Å²) in [5, 5.41) is 2.56. The Labute approximate surface area is 173 Å². The van der Waals surface area contributed by atoms with Gasteiger partial charge >= 0.3 is 0 Å². The molecule has 29 heavy (non-hydrogen) atoms. The van der Waals surface area contributed by atoms with Crippen molar-refractivity contribution in [2.75, 3.05) is 4.90 Å². The van der Waals surface area contributed by atoms with Crippen LogP contribution in [-0.4, -0.2) is 21.7 Å². The highest BCUT2D eigenvalue weighted by molar-refractivity contribution is 7.14. The molecule has 0 N–H and O–H groups in total. The Bertz CT molecular complexity index is 1070. The van der Waals surface area contributed by atoms with Gasteiger partial charge in [-0.1, -0.05) is 42.5 Å². The van der Waals surface area contributed by atoms with Crippen molar-refractivity contribution in [3.8, 4) is 0 Å². The highest BCUT2D eigenvalue weighted by Crippen LogP contribution is 2.36. The monoisotopic (exact) mass is 403 g/mol. The molecule has 0 unspecified atom stereocenters. The van der Waals surface area contributed by atoms with Gasteiger partial charge in [-0.2, -0.15) is 0 Å². The maximum Gasteiger partial charge on any atom is 0.235 e. The Hall–Kier alpha value is -3.25. The summed E-state index contributed by atoms with van der Waals surface area (Å²) in [4.78, 5) is 33.6. The Morgan fingerprint density at radius 3 is 2.52 bits per heavy atom. The number of hydrogen-bond acceptors (Lipinski definition) is 4. The number of thiazole rings is 1. The molecule has 1 aliphatic rings. The molecule has 0 saturated carbocycles. The summed E-state index contributed by atoms with van der Waals surface area (Å²) in [6.07, 6.45) is 3.84. The normalized spacial score (nSPS) is 15.1. The molecule has 1 aromatic heterocycles. The van der Waals surface area contributed by atoms with Crippen molar-refractivity contribution < 1.29 is 9.59 Å². The van der Waals surface area contributed by atoms with Crippen LogP contribution in [0.15, 0.2) is 66.2 Å². The van der Waals surface area contributed by atoms with E-state index in [1.54, 1.807) is 16.0 Å². The number of amides is 2. The molecular formula is C23H21N3O2S. The SMILES string of the molecule is CC(=O)N1C=Cc2ccccc2[C@@H]1CC(=O)N(c1ccccc1)c1nc(C)cs1. The molecule has 0 fully saturated rings. The third kappa shape index (κ3) is 3.84. The highest BCUT2D eigenvalue weighted by atomic mass is 32.1. The van der Waals surface area contributed by atoms with Crippen molar-refractivity contribution in [2.45, 2.75) is 26.3 Å². The number of nitrogens with zero attached hydrogens (tertiary/aromatic N) is 3. The fourth-order valence-electron chi connectivity index (χ4n) is 3.55.